The van der Waals surface area contributed by atoms with Crippen molar-refractivity contribution in [2.75, 3.05) is 6.61 Å². The van der Waals surface area contributed by atoms with Crippen molar-refractivity contribution < 1.29 is 36.8 Å². The summed E-state index contributed by atoms with van der Waals surface area (Å²) in [4.78, 5) is 28.2. The maximum Gasteiger partial charge on any atom is 0.334 e. The summed E-state index contributed by atoms with van der Waals surface area (Å²) in [6.07, 6.45) is 0.167. The SMILES string of the molecule is CC1=CC(=O)[C@@H](O[Si](C)(C)C)[C@]2(C)[C@H]3[C@@]4(O[Si](C)(C)C)OC[C@]35[C@H]([C@@H](C)[C@H]4O[Si](C)(C)C)[C@@H](O[Si](C)(C)C)C(=O)O[C@@H]5C[C@@H]12. The number of carbonyl (C=O) groups is 2. The van der Waals surface area contributed by atoms with Gasteiger partial charge in [0.15, 0.2) is 44.8 Å². The average molecular weight is 683 g/mol. The van der Waals surface area contributed by atoms with Crippen molar-refractivity contribution in [1.82, 2.24) is 0 Å². The van der Waals surface area contributed by atoms with Crippen LogP contribution in [-0.4, -0.2) is 81.8 Å². The average Bonchev–Trinajstić information content (AvgIpc) is 3.09. The highest BCUT2D eigenvalue weighted by Crippen LogP contribution is 2.75. The molecule has 4 fully saturated rings. The van der Waals surface area contributed by atoms with Crippen molar-refractivity contribution in [3.8, 4) is 0 Å². The molecule has 2 saturated heterocycles. The maximum atomic E-state index is 14.2. The molecule has 5 aliphatic rings. The summed E-state index contributed by atoms with van der Waals surface area (Å²) < 4.78 is 42.1. The molecule has 0 aromatic carbocycles. The highest BCUT2D eigenvalue weighted by Gasteiger charge is 2.84. The van der Waals surface area contributed by atoms with E-state index in [1.807, 2.05) is 0 Å². The molecule has 2 bridgehead atoms. The van der Waals surface area contributed by atoms with Gasteiger partial charge in [-0.3, -0.25) is 4.79 Å². The molecule has 0 aromatic rings. The van der Waals surface area contributed by atoms with Gasteiger partial charge >= 0.3 is 5.97 Å². The molecule has 0 radical (unpaired) electrons. The number of ether oxygens (including phenoxy) is 2. The quantitative estimate of drug-likeness (QED) is 0.210. The molecule has 250 valence electrons. The summed E-state index contributed by atoms with van der Waals surface area (Å²) in [5.74, 6) is -2.10. The summed E-state index contributed by atoms with van der Waals surface area (Å²) in [5, 5.41) is 0. The molecule has 8 nitrogen and oxygen atoms in total. The molecule has 0 amide bonds. The predicted molar refractivity (Wildman–Crippen MR) is 181 cm³/mol. The Morgan fingerprint density at radius 1 is 0.841 bits per heavy atom. The zero-order valence-electron chi connectivity index (χ0n) is 29.9. The normalized spacial score (nSPS) is 44.1. The fraction of sp³-hybridized carbons (Fsp3) is 0.875. The zero-order valence-corrected chi connectivity index (χ0v) is 33.9. The Balaban J connectivity index is 1.86. The first-order valence-electron chi connectivity index (χ1n) is 16.6. The molecule has 44 heavy (non-hydrogen) atoms. The van der Waals surface area contributed by atoms with E-state index in [1.165, 1.54) is 0 Å². The van der Waals surface area contributed by atoms with Gasteiger partial charge in [0.2, 0.25) is 0 Å². The van der Waals surface area contributed by atoms with Gasteiger partial charge in [0.25, 0.3) is 0 Å². The second-order valence-corrected chi connectivity index (χ2v) is 36.2. The Morgan fingerprint density at radius 2 is 1.41 bits per heavy atom. The second-order valence-electron chi connectivity index (χ2n) is 18.4. The van der Waals surface area contributed by atoms with E-state index in [0.29, 0.717) is 13.0 Å². The van der Waals surface area contributed by atoms with E-state index in [2.05, 4.69) is 99.3 Å². The summed E-state index contributed by atoms with van der Waals surface area (Å²) in [6, 6.07) is 0. The van der Waals surface area contributed by atoms with Crippen LogP contribution in [0.5, 0.6) is 0 Å². The Labute approximate surface area is 269 Å². The lowest BCUT2D eigenvalue weighted by molar-refractivity contribution is -0.327. The third-order valence-corrected chi connectivity index (χ3v) is 14.2. The van der Waals surface area contributed by atoms with Gasteiger partial charge in [-0.15, -0.1) is 0 Å². The molecule has 0 unspecified atom stereocenters. The molecule has 2 aliphatic heterocycles. The lowest BCUT2D eigenvalue weighted by Gasteiger charge is -2.70. The van der Waals surface area contributed by atoms with E-state index >= 15 is 0 Å². The number of carbonyl (C=O) groups excluding carboxylic acids is 2. The van der Waals surface area contributed by atoms with Crippen molar-refractivity contribution in [2.45, 2.75) is 136 Å². The molecule has 0 N–H and O–H groups in total. The Bertz CT molecular complexity index is 1230. The molecule has 2 heterocycles. The van der Waals surface area contributed by atoms with Crippen LogP contribution in [0.25, 0.3) is 0 Å². The van der Waals surface area contributed by atoms with Gasteiger partial charge in [-0.25, -0.2) is 4.79 Å². The summed E-state index contributed by atoms with van der Waals surface area (Å²) in [5.41, 5.74) is -0.295. The minimum atomic E-state index is -2.29. The van der Waals surface area contributed by atoms with Crippen LogP contribution in [0.15, 0.2) is 11.6 Å². The van der Waals surface area contributed by atoms with Crippen LogP contribution in [0.4, 0.5) is 0 Å². The van der Waals surface area contributed by atoms with Gasteiger partial charge in [-0.05, 0) is 110 Å². The molecule has 12 heteroatoms. The van der Waals surface area contributed by atoms with Gasteiger partial charge in [-0.1, -0.05) is 19.4 Å². The Kier molecular flexibility index (Phi) is 8.34. The van der Waals surface area contributed by atoms with Crippen LogP contribution in [-0.2, 0) is 36.8 Å². The van der Waals surface area contributed by atoms with Crippen LogP contribution in [0.2, 0.25) is 78.6 Å². The van der Waals surface area contributed by atoms with Crippen molar-refractivity contribution in [3.05, 3.63) is 11.6 Å². The van der Waals surface area contributed by atoms with Crippen molar-refractivity contribution >= 4 is 45.0 Å². The standard InChI is InChI=1S/C32H58O8Si4/c1-19-16-22(33)27(39-43(10,11)12)30(3)21(19)17-23-31-18-35-32(29(30)31,40-44(13,14)15)26(38-42(7,8)9)20(2)24(31)25(28(34)36-23)37-41(4,5)6/h16,20-21,23-27,29H,17-18H2,1-15H3/t20-,21+,23-,24-,25-,26-,27-,29-,30-,31+,32-/m1/s1. The molecule has 0 aromatic heterocycles. The second kappa shape index (κ2) is 10.5. The minimum Gasteiger partial charge on any atom is -0.460 e. The number of hydrogen-bond donors (Lipinski definition) is 0. The molecular formula is C32H58O8Si4. The highest BCUT2D eigenvalue weighted by molar-refractivity contribution is 6.71. The number of ketones is 1. The first-order valence-corrected chi connectivity index (χ1v) is 30.2. The minimum absolute atomic E-state index is 0.0154. The van der Waals surface area contributed by atoms with E-state index in [4.69, 9.17) is 27.2 Å². The fourth-order valence-electron chi connectivity index (χ4n) is 9.78. The monoisotopic (exact) mass is 682 g/mol. The van der Waals surface area contributed by atoms with Crippen molar-refractivity contribution in [2.24, 2.45) is 34.5 Å². The van der Waals surface area contributed by atoms with Crippen LogP contribution in [0, 0.1) is 34.5 Å². The van der Waals surface area contributed by atoms with Crippen LogP contribution in [0.1, 0.15) is 27.2 Å². The summed E-state index contributed by atoms with van der Waals surface area (Å²) >= 11 is 0. The lowest BCUT2D eigenvalue weighted by atomic mass is 9.38. The van der Waals surface area contributed by atoms with Gasteiger partial charge in [0.1, 0.15) is 24.4 Å². The van der Waals surface area contributed by atoms with Crippen molar-refractivity contribution in [3.63, 3.8) is 0 Å². The number of allylic oxidation sites excluding steroid dienone is 1. The fourth-order valence-corrected chi connectivity index (χ4v) is 14.2. The van der Waals surface area contributed by atoms with Gasteiger partial charge in [0.05, 0.1) is 6.61 Å². The Hall–Kier alpha value is -0.452. The highest BCUT2D eigenvalue weighted by atomic mass is 28.4. The lowest BCUT2D eigenvalue weighted by Crippen LogP contribution is -2.80. The van der Waals surface area contributed by atoms with E-state index in [9.17, 15) is 9.59 Å². The predicted octanol–water partition coefficient (Wildman–Crippen LogP) is 6.57. The Morgan fingerprint density at radius 3 is 1.93 bits per heavy atom. The number of fused-ring (bicyclic) bond motifs is 1. The van der Waals surface area contributed by atoms with Gasteiger partial charge < -0.3 is 27.2 Å². The molecule has 2 saturated carbocycles. The smallest absolute Gasteiger partial charge is 0.334 e. The first kappa shape index (κ1) is 34.9. The molecular weight excluding hydrogens is 625 g/mol. The summed E-state index contributed by atoms with van der Waals surface area (Å²) in [7, 11) is -8.85. The number of esters is 1. The van der Waals surface area contributed by atoms with Gasteiger partial charge in [-0.2, -0.15) is 0 Å². The zero-order chi connectivity index (χ0) is 33.2. The molecule has 3 aliphatic carbocycles. The maximum absolute atomic E-state index is 14.2. The van der Waals surface area contributed by atoms with Crippen molar-refractivity contribution in [1.29, 1.82) is 0 Å². The van der Waals surface area contributed by atoms with Crippen LogP contribution in [0.3, 0.4) is 0 Å². The van der Waals surface area contributed by atoms with E-state index in [1.54, 1.807) is 6.08 Å². The molecule has 5 rings (SSSR count). The topological polar surface area (TPSA) is 89.5 Å². The largest absolute Gasteiger partial charge is 0.460 e. The van der Waals surface area contributed by atoms with E-state index in [0.717, 1.165) is 5.57 Å². The number of hydrogen-bond acceptors (Lipinski definition) is 8. The molecule has 11 atom stereocenters. The third-order valence-electron chi connectivity index (χ3n) is 10.4. The number of rotatable bonds is 8. The van der Waals surface area contributed by atoms with E-state index < -0.39 is 74.3 Å². The van der Waals surface area contributed by atoms with Crippen LogP contribution >= 0.6 is 0 Å². The third kappa shape index (κ3) is 5.49. The summed E-state index contributed by atoms with van der Waals surface area (Å²) in [6.45, 7) is 32.9. The van der Waals surface area contributed by atoms with Gasteiger partial charge in [0, 0.05) is 22.7 Å². The van der Waals surface area contributed by atoms with Crippen LogP contribution < -0.4 is 0 Å². The first-order chi connectivity index (χ1) is 19.8. The molecule has 1 spiro atoms. The van der Waals surface area contributed by atoms with E-state index in [-0.39, 0.29) is 35.4 Å².